The van der Waals surface area contributed by atoms with Gasteiger partial charge >= 0.3 is 0 Å². The fourth-order valence-electron chi connectivity index (χ4n) is 3.58. The van der Waals surface area contributed by atoms with E-state index in [0.29, 0.717) is 17.6 Å². The third kappa shape index (κ3) is 2.64. The van der Waals surface area contributed by atoms with Crippen LogP contribution in [-0.2, 0) is 11.2 Å². The quantitative estimate of drug-likeness (QED) is 0.786. The lowest BCUT2D eigenvalue weighted by Crippen LogP contribution is -2.28. The summed E-state index contributed by atoms with van der Waals surface area (Å²) in [5.74, 6) is 0.300. The van der Waals surface area contributed by atoms with Crippen molar-refractivity contribution in [1.29, 1.82) is 0 Å². The number of nitrogens with one attached hydrogen (secondary N) is 1. The maximum Gasteiger partial charge on any atom is 0.223 e. The van der Waals surface area contributed by atoms with Crippen molar-refractivity contribution in [3.05, 3.63) is 59.6 Å². The Morgan fingerprint density at radius 2 is 2.04 bits per heavy atom. The first-order valence-electron chi connectivity index (χ1n) is 8.81. The monoisotopic (exact) mass is 351 g/mol. The maximum atomic E-state index is 13.8. The number of aromatic nitrogens is 4. The molecule has 4 heterocycles. The van der Waals surface area contributed by atoms with E-state index in [1.807, 2.05) is 18.3 Å². The summed E-state index contributed by atoms with van der Waals surface area (Å²) in [6.45, 7) is 1.56. The standard InChI is InChI=1S/C19H18FN5O/c20-17-10-21-18-4-1-12(11-25(17)18)14-2-3-16-15(14)9-22-19(24-16)23-13-5-7-26-8-6-13/h1-2,4,9-11,13H,3,5-8H2,(H,22,23,24). The van der Waals surface area contributed by atoms with Gasteiger partial charge < -0.3 is 10.1 Å². The number of rotatable bonds is 3. The van der Waals surface area contributed by atoms with Crippen LogP contribution in [0.1, 0.15) is 29.7 Å². The van der Waals surface area contributed by atoms with Gasteiger partial charge in [-0.15, -0.1) is 0 Å². The number of anilines is 1. The van der Waals surface area contributed by atoms with Crippen LogP contribution >= 0.6 is 0 Å². The van der Waals surface area contributed by atoms with Crippen LogP contribution in [-0.4, -0.2) is 38.6 Å². The molecular formula is C19H18FN5O. The van der Waals surface area contributed by atoms with Gasteiger partial charge in [-0.3, -0.25) is 4.40 Å². The van der Waals surface area contributed by atoms with E-state index in [-0.39, 0.29) is 5.95 Å². The summed E-state index contributed by atoms with van der Waals surface area (Å²) in [4.78, 5) is 13.2. The van der Waals surface area contributed by atoms with Gasteiger partial charge in [0.2, 0.25) is 11.9 Å². The van der Waals surface area contributed by atoms with Crippen molar-refractivity contribution in [2.24, 2.45) is 0 Å². The van der Waals surface area contributed by atoms with Gasteiger partial charge in [0.25, 0.3) is 0 Å². The van der Waals surface area contributed by atoms with Gasteiger partial charge in [-0.05, 0) is 36.1 Å². The van der Waals surface area contributed by atoms with Crippen LogP contribution in [0.5, 0.6) is 0 Å². The molecule has 1 N–H and O–H groups in total. The van der Waals surface area contributed by atoms with Crippen LogP contribution in [0, 0.1) is 5.95 Å². The third-order valence-corrected chi connectivity index (χ3v) is 4.98. The normalized spacial score (nSPS) is 17.3. The Hall–Kier alpha value is -2.80. The summed E-state index contributed by atoms with van der Waals surface area (Å²) in [6.07, 6.45) is 9.67. The molecule has 0 amide bonds. The number of allylic oxidation sites excluding steroid dienone is 1. The molecule has 1 fully saturated rings. The maximum absolute atomic E-state index is 13.8. The summed E-state index contributed by atoms with van der Waals surface area (Å²) < 4.78 is 20.7. The minimum atomic E-state index is -0.368. The molecule has 0 radical (unpaired) electrons. The second kappa shape index (κ2) is 6.17. The van der Waals surface area contributed by atoms with E-state index in [4.69, 9.17) is 4.74 Å². The van der Waals surface area contributed by atoms with E-state index in [2.05, 4.69) is 26.3 Å². The molecule has 0 saturated carbocycles. The lowest BCUT2D eigenvalue weighted by molar-refractivity contribution is 0.0903. The van der Waals surface area contributed by atoms with Gasteiger partial charge in [0.15, 0.2) is 0 Å². The van der Waals surface area contributed by atoms with Gasteiger partial charge in [0, 0.05) is 43.6 Å². The van der Waals surface area contributed by atoms with Crippen LogP contribution in [0.3, 0.4) is 0 Å². The van der Waals surface area contributed by atoms with Crippen LogP contribution < -0.4 is 5.32 Å². The second-order valence-corrected chi connectivity index (χ2v) is 6.63. The Balaban J connectivity index is 1.42. The Kier molecular flexibility index (Phi) is 3.67. The number of imidazole rings is 1. The molecule has 0 bridgehead atoms. The van der Waals surface area contributed by atoms with Crippen LogP contribution in [0.25, 0.3) is 11.2 Å². The molecule has 7 heteroatoms. The first kappa shape index (κ1) is 15.5. The molecular weight excluding hydrogens is 333 g/mol. The number of ether oxygens (including phenoxy) is 1. The summed E-state index contributed by atoms with van der Waals surface area (Å²) in [5.41, 5.74) is 4.56. The number of nitrogens with zero attached hydrogens (tertiary/aromatic N) is 4. The minimum absolute atomic E-state index is 0.363. The smallest absolute Gasteiger partial charge is 0.223 e. The van der Waals surface area contributed by atoms with Gasteiger partial charge in [0.1, 0.15) is 5.65 Å². The minimum Gasteiger partial charge on any atom is -0.381 e. The zero-order valence-electron chi connectivity index (χ0n) is 14.2. The van der Waals surface area contributed by atoms with Crippen molar-refractivity contribution in [1.82, 2.24) is 19.4 Å². The molecule has 0 spiro atoms. The number of hydrogen-bond donors (Lipinski definition) is 1. The van der Waals surface area contributed by atoms with E-state index < -0.39 is 0 Å². The third-order valence-electron chi connectivity index (χ3n) is 4.98. The highest BCUT2D eigenvalue weighted by Crippen LogP contribution is 2.32. The first-order valence-corrected chi connectivity index (χ1v) is 8.81. The molecule has 0 unspecified atom stereocenters. The highest BCUT2D eigenvalue weighted by molar-refractivity contribution is 5.83. The van der Waals surface area contributed by atoms with Crippen LogP contribution in [0.15, 0.2) is 36.8 Å². The van der Waals surface area contributed by atoms with Crippen molar-refractivity contribution in [3.8, 4) is 0 Å². The zero-order chi connectivity index (χ0) is 17.5. The Morgan fingerprint density at radius 1 is 1.15 bits per heavy atom. The molecule has 1 saturated heterocycles. The summed E-state index contributed by atoms with van der Waals surface area (Å²) >= 11 is 0. The lowest BCUT2D eigenvalue weighted by atomic mass is 10.0. The molecule has 1 aliphatic carbocycles. The van der Waals surface area contributed by atoms with Gasteiger partial charge in [0.05, 0.1) is 11.9 Å². The molecule has 0 aromatic carbocycles. The molecule has 6 nitrogen and oxygen atoms in total. The number of fused-ring (bicyclic) bond motifs is 2. The van der Waals surface area contributed by atoms with Crippen LogP contribution in [0.4, 0.5) is 10.3 Å². The largest absolute Gasteiger partial charge is 0.381 e. The molecule has 132 valence electrons. The fourth-order valence-corrected chi connectivity index (χ4v) is 3.58. The van der Waals surface area contributed by atoms with E-state index in [1.54, 1.807) is 6.20 Å². The van der Waals surface area contributed by atoms with Gasteiger partial charge in [-0.25, -0.2) is 15.0 Å². The number of halogens is 1. The van der Waals surface area contributed by atoms with Crippen LogP contribution in [0.2, 0.25) is 0 Å². The number of hydrogen-bond acceptors (Lipinski definition) is 5. The number of pyridine rings is 1. The van der Waals surface area contributed by atoms with Crippen molar-refractivity contribution < 1.29 is 9.13 Å². The highest BCUT2D eigenvalue weighted by atomic mass is 19.1. The lowest BCUT2D eigenvalue weighted by Gasteiger charge is -2.23. The SMILES string of the molecule is Fc1cnc2ccc(C3=CCc4nc(NC5CCOCC5)ncc43)cn12. The predicted octanol–water partition coefficient (Wildman–Crippen LogP) is 2.84. The fraction of sp³-hybridized carbons (Fsp3) is 0.316. The van der Waals surface area contributed by atoms with Crippen molar-refractivity contribution in [2.45, 2.75) is 25.3 Å². The molecule has 1 aliphatic heterocycles. The molecule has 0 atom stereocenters. The van der Waals surface area contributed by atoms with E-state index in [1.165, 1.54) is 10.6 Å². The predicted molar refractivity (Wildman–Crippen MR) is 95.4 cm³/mol. The summed E-state index contributed by atoms with van der Waals surface area (Å²) in [6, 6.07) is 4.14. The van der Waals surface area contributed by atoms with E-state index >= 15 is 0 Å². The van der Waals surface area contributed by atoms with Crippen molar-refractivity contribution in [2.75, 3.05) is 18.5 Å². The van der Waals surface area contributed by atoms with E-state index in [0.717, 1.165) is 54.9 Å². The highest BCUT2D eigenvalue weighted by Gasteiger charge is 2.20. The van der Waals surface area contributed by atoms with E-state index in [9.17, 15) is 4.39 Å². The topological polar surface area (TPSA) is 64.3 Å². The second-order valence-electron chi connectivity index (χ2n) is 6.63. The van der Waals surface area contributed by atoms with Gasteiger partial charge in [-0.2, -0.15) is 4.39 Å². The van der Waals surface area contributed by atoms with Gasteiger partial charge in [-0.1, -0.05) is 6.08 Å². The summed E-state index contributed by atoms with van der Waals surface area (Å²) in [7, 11) is 0. The van der Waals surface area contributed by atoms with Crippen molar-refractivity contribution in [3.63, 3.8) is 0 Å². The average molecular weight is 351 g/mol. The Labute approximate surface area is 149 Å². The Morgan fingerprint density at radius 3 is 2.92 bits per heavy atom. The summed E-state index contributed by atoms with van der Waals surface area (Å²) in [5, 5.41) is 3.41. The molecule has 5 rings (SSSR count). The molecule has 3 aromatic rings. The average Bonchev–Trinajstić information content (AvgIpc) is 3.26. The first-order chi connectivity index (χ1) is 12.8. The molecule has 26 heavy (non-hydrogen) atoms. The molecule has 2 aliphatic rings. The van der Waals surface area contributed by atoms with Crippen molar-refractivity contribution >= 4 is 17.2 Å². The Bertz CT molecular complexity index is 1010. The molecule has 3 aromatic heterocycles. The zero-order valence-corrected chi connectivity index (χ0v) is 14.2.